The van der Waals surface area contributed by atoms with Crippen molar-refractivity contribution in [2.24, 2.45) is 0 Å². The summed E-state index contributed by atoms with van der Waals surface area (Å²) in [6.45, 7) is 0. The van der Waals surface area contributed by atoms with Crippen molar-refractivity contribution in [1.29, 1.82) is 0 Å². The van der Waals surface area contributed by atoms with E-state index in [1.54, 1.807) is 0 Å². The van der Waals surface area contributed by atoms with Gasteiger partial charge in [-0.2, -0.15) is 0 Å². The fourth-order valence-corrected chi connectivity index (χ4v) is 0.796. The lowest BCUT2D eigenvalue weighted by atomic mass is 10.2. The molecule has 1 aliphatic heterocycles. The van der Waals surface area contributed by atoms with Gasteiger partial charge in [-0.3, -0.25) is 0 Å². The molecule has 0 aromatic carbocycles. The second kappa shape index (κ2) is 2.92. The van der Waals surface area contributed by atoms with Gasteiger partial charge in [-0.05, 0) is 0 Å². The molecule has 0 radical (unpaired) electrons. The van der Waals surface area contributed by atoms with E-state index in [1.165, 1.54) is 0 Å². The Morgan fingerprint density at radius 2 is 1.92 bits per heavy atom. The van der Waals surface area contributed by atoms with Gasteiger partial charge in [0.05, 0.1) is 0 Å². The van der Waals surface area contributed by atoms with Crippen molar-refractivity contribution in [1.82, 2.24) is 0 Å². The molecule has 0 spiro atoms. The Balaban J connectivity index is 2.87. The third-order valence-corrected chi connectivity index (χ3v) is 1.41. The molecule has 6 nitrogen and oxygen atoms in total. The van der Waals surface area contributed by atoms with E-state index in [2.05, 4.69) is 4.74 Å². The number of aliphatic hydroxyl groups is 5. The minimum Gasteiger partial charge on any atom is -0.512 e. The third-order valence-electron chi connectivity index (χ3n) is 1.41. The molecule has 2 atom stereocenters. The Morgan fingerprint density at radius 3 is 2.25 bits per heavy atom. The van der Waals surface area contributed by atoms with Crippen LogP contribution < -0.4 is 0 Å². The van der Waals surface area contributed by atoms with E-state index in [9.17, 15) is 0 Å². The van der Waals surface area contributed by atoms with Crippen molar-refractivity contribution >= 4 is 0 Å². The van der Waals surface area contributed by atoms with Gasteiger partial charge in [0, 0.05) is 0 Å². The van der Waals surface area contributed by atoms with Gasteiger partial charge in [-0.25, -0.2) is 0 Å². The zero-order valence-corrected chi connectivity index (χ0v) is 5.88. The Morgan fingerprint density at radius 1 is 1.33 bits per heavy atom. The number of ether oxygens (including phenoxy) is 1. The van der Waals surface area contributed by atoms with Gasteiger partial charge in [-0.1, -0.05) is 0 Å². The molecule has 12 heavy (non-hydrogen) atoms. The predicted octanol–water partition coefficient (Wildman–Crippen LogP) is -0.0114. The van der Waals surface area contributed by atoms with Crippen molar-refractivity contribution < 1.29 is 30.3 Å². The van der Waals surface area contributed by atoms with Crippen LogP contribution in [0.4, 0.5) is 0 Å². The topological polar surface area (TPSA) is 110 Å². The Labute approximate surface area is 67.3 Å². The normalized spacial score (nSPS) is 31.2. The van der Waals surface area contributed by atoms with Crippen LogP contribution in [0.15, 0.2) is 23.5 Å². The van der Waals surface area contributed by atoms with Gasteiger partial charge in [0.1, 0.15) is 6.26 Å². The molecule has 68 valence electrons. The molecule has 1 aliphatic rings. The monoisotopic (exact) mass is 176 g/mol. The molecule has 0 amide bonds. The summed E-state index contributed by atoms with van der Waals surface area (Å²) in [5.41, 5.74) is 0. The molecule has 0 unspecified atom stereocenters. The molecule has 0 aliphatic carbocycles. The maximum Gasteiger partial charge on any atom is 0.218 e. The number of hydrogen-bond donors (Lipinski definition) is 5. The van der Waals surface area contributed by atoms with Crippen LogP contribution in [0.2, 0.25) is 0 Å². The Kier molecular flexibility index (Phi) is 2.11. The summed E-state index contributed by atoms with van der Waals surface area (Å²) in [7, 11) is 0. The van der Waals surface area contributed by atoms with Crippen molar-refractivity contribution in [3.63, 3.8) is 0 Å². The molecule has 0 bridgehead atoms. The molecule has 1 heterocycles. The lowest BCUT2D eigenvalue weighted by Gasteiger charge is -2.08. The van der Waals surface area contributed by atoms with Crippen LogP contribution in [0.25, 0.3) is 0 Å². The smallest absolute Gasteiger partial charge is 0.218 e. The molecule has 0 aromatic heterocycles. The van der Waals surface area contributed by atoms with E-state index in [1.807, 2.05) is 0 Å². The largest absolute Gasteiger partial charge is 0.512 e. The summed E-state index contributed by atoms with van der Waals surface area (Å²) >= 11 is 0. The maximum absolute atomic E-state index is 8.96. The molecule has 0 saturated carbocycles. The second-order valence-electron chi connectivity index (χ2n) is 2.19. The molecule has 1 rings (SSSR count). The Hall–Kier alpha value is -1.40. The minimum absolute atomic E-state index is 0.298. The molecule has 0 fully saturated rings. The number of rotatable bonds is 1. The summed E-state index contributed by atoms with van der Waals surface area (Å²) < 4.78 is 4.44. The number of hydrogen-bond acceptors (Lipinski definition) is 6. The minimum atomic E-state index is -1.67. The molecule has 0 aromatic rings. The maximum atomic E-state index is 8.96. The highest BCUT2D eigenvalue weighted by atomic mass is 16.6. The first kappa shape index (κ1) is 8.69. The van der Waals surface area contributed by atoms with Crippen molar-refractivity contribution in [3.05, 3.63) is 23.5 Å². The van der Waals surface area contributed by atoms with Crippen molar-refractivity contribution in [3.8, 4) is 0 Å². The first-order chi connectivity index (χ1) is 5.57. The Bertz CT molecular complexity index is 242. The SMILES string of the molecule is O/C=C(\O)[C@@H]1O[C@@H](O)C(O)=C1O. The van der Waals surface area contributed by atoms with Gasteiger partial charge < -0.3 is 30.3 Å². The molecule has 0 saturated heterocycles. The summed E-state index contributed by atoms with van der Waals surface area (Å²) in [4.78, 5) is 0. The second-order valence-corrected chi connectivity index (χ2v) is 2.19. The zero-order valence-electron chi connectivity index (χ0n) is 5.88. The van der Waals surface area contributed by atoms with Crippen LogP contribution in [0.3, 0.4) is 0 Å². The lowest BCUT2D eigenvalue weighted by Crippen LogP contribution is -2.17. The standard InChI is InChI=1S/C6H8O6/c7-1-2(8)5-3(9)4(10)6(11)12-5/h1,5-11H/b2-1-/t5-,6+/m0/s1. The summed E-state index contributed by atoms with van der Waals surface area (Å²) in [5.74, 6) is -2.19. The van der Waals surface area contributed by atoms with Crippen molar-refractivity contribution in [2.45, 2.75) is 12.4 Å². The highest BCUT2D eigenvalue weighted by Gasteiger charge is 2.36. The first-order valence-electron chi connectivity index (χ1n) is 3.06. The summed E-state index contributed by atoms with van der Waals surface area (Å²) in [5, 5.41) is 43.7. The van der Waals surface area contributed by atoms with Crippen LogP contribution >= 0.6 is 0 Å². The van der Waals surface area contributed by atoms with Crippen LogP contribution in [0.1, 0.15) is 0 Å². The molecule has 5 N–H and O–H groups in total. The first-order valence-corrected chi connectivity index (χ1v) is 3.06. The van der Waals surface area contributed by atoms with Gasteiger partial charge in [0.15, 0.2) is 23.4 Å². The highest BCUT2D eigenvalue weighted by Crippen LogP contribution is 2.25. The van der Waals surface area contributed by atoms with Gasteiger partial charge in [0.25, 0.3) is 0 Å². The van der Waals surface area contributed by atoms with E-state index < -0.39 is 29.7 Å². The summed E-state index contributed by atoms with van der Waals surface area (Å²) in [6.07, 6.45) is -2.77. The van der Waals surface area contributed by atoms with Crippen LogP contribution in [-0.2, 0) is 4.74 Å². The highest BCUT2D eigenvalue weighted by molar-refractivity contribution is 5.20. The van der Waals surface area contributed by atoms with E-state index in [4.69, 9.17) is 25.5 Å². The van der Waals surface area contributed by atoms with Crippen LogP contribution in [0, 0.1) is 0 Å². The van der Waals surface area contributed by atoms with Crippen molar-refractivity contribution in [2.75, 3.05) is 0 Å². The zero-order chi connectivity index (χ0) is 9.30. The third kappa shape index (κ3) is 1.17. The van der Waals surface area contributed by atoms with E-state index in [-0.39, 0.29) is 0 Å². The number of aliphatic hydroxyl groups excluding tert-OH is 5. The fraction of sp³-hybridized carbons (Fsp3) is 0.333. The van der Waals surface area contributed by atoms with E-state index in [0.29, 0.717) is 6.26 Å². The lowest BCUT2D eigenvalue weighted by molar-refractivity contribution is -0.0968. The summed E-state index contributed by atoms with van der Waals surface area (Å²) in [6, 6.07) is 0. The predicted molar refractivity (Wildman–Crippen MR) is 36.5 cm³/mol. The quantitative estimate of drug-likeness (QED) is 0.359. The van der Waals surface area contributed by atoms with Gasteiger partial charge in [0.2, 0.25) is 6.29 Å². The van der Waals surface area contributed by atoms with Gasteiger partial charge >= 0.3 is 0 Å². The van der Waals surface area contributed by atoms with Crippen LogP contribution in [-0.4, -0.2) is 37.9 Å². The molecular weight excluding hydrogens is 168 g/mol. The average Bonchev–Trinajstić information content (AvgIpc) is 2.32. The molecular formula is C6H8O6. The van der Waals surface area contributed by atoms with E-state index >= 15 is 0 Å². The fourth-order valence-electron chi connectivity index (χ4n) is 0.796. The molecule has 6 heteroatoms. The average molecular weight is 176 g/mol. The van der Waals surface area contributed by atoms with E-state index in [0.717, 1.165) is 0 Å². The van der Waals surface area contributed by atoms with Crippen LogP contribution in [0.5, 0.6) is 0 Å². The van der Waals surface area contributed by atoms with Gasteiger partial charge in [-0.15, -0.1) is 0 Å².